The van der Waals surface area contributed by atoms with Gasteiger partial charge in [-0.2, -0.15) is 0 Å². The summed E-state index contributed by atoms with van der Waals surface area (Å²) in [4.78, 5) is 23.3. The lowest BCUT2D eigenvalue weighted by molar-refractivity contribution is -0.116. The molecule has 3 N–H and O–H groups in total. The third-order valence-corrected chi connectivity index (χ3v) is 8.28. The van der Waals surface area contributed by atoms with E-state index in [1.165, 1.54) is 10.4 Å². The lowest BCUT2D eigenvalue weighted by Crippen LogP contribution is -2.24. The summed E-state index contributed by atoms with van der Waals surface area (Å²) in [6.45, 7) is 3.71. The van der Waals surface area contributed by atoms with Crippen LogP contribution in [0.15, 0.2) is 36.7 Å². The number of hydrogen-bond donors (Lipinski definition) is 3. The highest BCUT2D eigenvalue weighted by molar-refractivity contribution is 7.23. The maximum atomic E-state index is 12.7. The fraction of sp³-hybridized carbons (Fsp3) is 0.346. The van der Waals surface area contributed by atoms with E-state index in [0.717, 1.165) is 68.7 Å². The summed E-state index contributed by atoms with van der Waals surface area (Å²) in [6, 6.07) is 8.26. The van der Waals surface area contributed by atoms with Gasteiger partial charge in [-0.1, -0.05) is 6.07 Å². The van der Waals surface area contributed by atoms with Crippen molar-refractivity contribution in [3.8, 4) is 27.4 Å². The molecular weight excluding hydrogens is 494 g/mol. The lowest BCUT2D eigenvalue weighted by atomic mass is 10.0. The van der Waals surface area contributed by atoms with Gasteiger partial charge in [0.05, 0.1) is 30.1 Å². The molecule has 0 aliphatic carbocycles. The predicted octanol–water partition coefficient (Wildman–Crippen LogP) is 4.31. The highest BCUT2D eigenvalue weighted by atomic mass is 32.1. The van der Waals surface area contributed by atoms with Gasteiger partial charge in [-0.25, -0.2) is 4.98 Å². The van der Waals surface area contributed by atoms with Crippen molar-refractivity contribution in [3.05, 3.63) is 47.1 Å². The number of rotatable bonds is 10. The Labute approximate surface area is 218 Å². The van der Waals surface area contributed by atoms with Crippen molar-refractivity contribution >= 4 is 43.8 Å². The van der Waals surface area contributed by atoms with Gasteiger partial charge in [-0.15, -0.1) is 22.7 Å². The molecule has 4 heterocycles. The minimum Gasteiger partial charge on any atom is -0.495 e. The number of nitrogens with zero attached hydrogens (tertiary/aromatic N) is 2. The van der Waals surface area contributed by atoms with Gasteiger partial charge in [0.25, 0.3) is 0 Å². The van der Waals surface area contributed by atoms with E-state index in [1.54, 1.807) is 43.1 Å². The van der Waals surface area contributed by atoms with Gasteiger partial charge < -0.3 is 25.4 Å². The number of thiazole rings is 1. The van der Waals surface area contributed by atoms with Gasteiger partial charge in [0, 0.05) is 55.4 Å². The number of fused-ring (bicyclic) bond motifs is 2. The van der Waals surface area contributed by atoms with Crippen LogP contribution in [-0.4, -0.2) is 56.3 Å². The van der Waals surface area contributed by atoms with Crippen LogP contribution in [0.5, 0.6) is 5.75 Å². The third kappa shape index (κ3) is 5.42. The standard InChI is InChI=1S/C26H29N5O3S2/c1-33-10-9-27-8-6-23(32)31-26-24(19-5-7-28-15-22(19)36-26)25-30-20-12-16(3-4-21(20)35-25)17-11-18(34-2)14-29-13-17/h3-4,11-14,27-28H,5-10,15H2,1-2H3,(H,31,32). The molecule has 1 amide bonds. The molecule has 8 nitrogen and oxygen atoms in total. The molecule has 0 saturated carbocycles. The molecule has 10 heteroatoms. The van der Waals surface area contributed by atoms with E-state index in [9.17, 15) is 4.79 Å². The Morgan fingerprint density at radius 3 is 2.92 bits per heavy atom. The van der Waals surface area contributed by atoms with Crippen LogP contribution in [0.25, 0.3) is 31.9 Å². The first-order chi connectivity index (χ1) is 17.7. The largest absolute Gasteiger partial charge is 0.495 e. The Morgan fingerprint density at radius 1 is 1.14 bits per heavy atom. The number of pyridine rings is 1. The molecule has 4 aromatic rings. The van der Waals surface area contributed by atoms with Crippen LogP contribution in [0.4, 0.5) is 5.00 Å². The van der Waals surface area contributed by atoms with E-state index in [0.29, 0.717) is 19.6 Å². The van der Waals surface area contributed by atoms with Gasteiger partial charge in [-0.3, -0.25) is 9.78 Å². The summed E-state index contributed by atoms with van der Waals surface area (Å²) in [5.41, 5.74) is 5.32. The summed E-state index contributed by atoms with van der Waals surface area (Å²) in [7, 11) is 3.31. The van der Waals surface area contributed by atoms with Gasteiger partial charge in [0.15, 0.2) is 0 Å². The average Bonchev–Trinajstić information content (AvgIpc) is 3.48. The van der Waals surface area contributed by atoms with Crippen LogP contribution >= 0.6 is 22.7 Å². The summed E-state index contributed by atoms with van der Waals surface area (Å²) in [6.07, 6.45) is 4.86. The molecule has 1 aromatic carbocycles. The molecule has 0 atom stereocenters. The van der Waals surface area contributed by atoms with Gasteiger partial charge in [0.2, 0.25) is 5.91 Å². The molecule has 0 radical (unpaired) electrons. The second kappa shape index (κ2) is 11.4. The SMILES string of the molecule is COCCNCCC(=O)Nc1sc2c(c1-c1nc3cc(-c4cncc(OC)c4)ccc3s1)CCNC2. The Morgan fingerprint density at radius 2 is 2.06 bits per heavy atom. The Kier molecular flexibility index (Phi) is 7.88. The number of aromatic nitrogens is 2. The normalized spacial score (nSPS) is 13.1. The van der Waals surface area contributed by atoms with Crippen molar-refractivity contribution in [2.45, 2.75) is 19.4 Å². The quantitative estimate of drug-likeness (QED) is 0.267. The second-order valence-electron chi connectivity index (χ2n) is 8.49. The molecule has 0 saturated heterocycles. The maximum absolute atomic E-state index is 12.7. The van der Waals surface area contributed by atoms with Crippen LogP contribution < -0.4 is 20.7 Å². The topological polar surface area (TPSA) is 97.4 Å². The summed E-state index contributed by atoms with van der Waals surface area (Å²) in [5, 5.41) is 11.7. The first kappa shape index (κ1) is 24.8. The van der Waals surface area contributed by atoms with Crippen LogP contribution in [0.3, 0.4) is 0 Å². The van der Waals surface area contributed by atoms with Crippen molar-refractivity contribution in [2.75, 3.05) is 45.8 Å². The fourth-order valence-corrected chi connectivity index (χ4v) is 6.57. The van der Waals surface area contributed by atoms with Crippen LogP contribution in [-0.2, 0) is 22.5 Å². The number of thiophene rings is 1. The molecule has 5 rings (SSSR count). The molecule has 1 aliphatic rings. The summed E-state index contributed by atoms with van der Waals surface area (Å²) < 4.78 is 11.5. The summed E-state index contributed by atoms with van der Waals surface area (Å²) in [5.74, 6) is 0.723. The molecule has 0 bridgehead atoms. The monoisotopic (exact) mass is 523 g/mol. The molecule has 188 valence electrons. The number of ether oxygens (including phenoxy) is 2. The number of amides is 1. The van der Waals surface area contributed by atoms with E-state index in [4.69, 9.17) is 14.5 Å². The Balaban J connectivity index is 1.43. The lowest BCUT2D eigenvalue weighted by Gasteiger charge is -2.13. The van der Waals surface area contributed by atoms with E-state index < -0.39 is 0 Å². The molecule has 36 heavy (non-hydrogen) atoms. The molecule has 0 fully saturated rings. The smallest absolute Gasteiger partial charge is 0.226 e. The van der Waals surface area contributed by atoms with Crippen LogP contribution in [0.2, 0.25) is 0 Å². The number of benzene rings is 1. The highest BCUT2D eigenvalue weighted by Crippen LogP contribution is 2.45. The van der Waals surface area contributed by atoms with Gasteiger partial charge in [0.1, 0.15) is 15.8 Å². The fourth-order valence-electron chi connectivity index (χ4n) is 4.24. The molecule has 0 spiro atoms. The molecule has 3 aromatic heterocycles. The highest BCUT2D eigenvalue weighted by Gasteiger charge is 2.25. The van der Waals surface area contributed by atoms with E-state index >= 15 is 0 Å². The van der Waals surface area contributed by atoms with Crippen LogP contribution in [0.1, 0.15) is 16.9 Å². The number of methoxy groups -OCH3 is 2. The number of anilines is 1. The summed E-state index contributed by atoms with van der Waals surface area (Å²) >= 11 is 3.32. The van der Waals surface area contributed by atoms with Crippen molar-refractivity contribution in [3.63, 3.8) is 0 Å². The van der Waals surface area contributed by atoms with Crippen molar-refractivity contribution < 1.29 is 14.3 Å². The van der Waals surface area contributed by atoms with Gasteiger partial charge in [-0.05, 0) is 42.3 Å². The predicted molar refractivity (Wildman–Crippen MR) is 146 cm³/mol. The van der Waals surface area contributed by atoms with Crippen LogP contribution in [0, 0.1) is 0 Å². The van der Waals surface area contributed by atoms with E-state index in [2.05, 4.69) is 39.1 Å². The maximum Gasteiger partial charge on any atom is 0.226 e. The Bertz CT molecular complexity index is 1370. The number of carbonyl (C=O) groups is 1. The first-order valence-corrected chi connectivity index (χ1v) is 13.5. The third-order valence-electron chi connectivity index (χ3n) is 6.08. The average molecular weight is 524 g/mol. The van der Waals surface area contributed by atoms with E-state index in [1.807, 2.05) is 12.3 Å². The number of nitrogens with one attached hydrogen (secondary N) is 3. The van der Waals surface area contributed by atoms with Gasteiger partial charge >= 0.3 is 0 Å². The van der Waals surface area contributed by atoms with Crippen molar-refractivity contribution in [1.82, 2.24) is 20.6 Å². The van der Waals surface area contributed by atoms with E-state index in [-0.39, 0.29) is 5.91 Å². The zero-order valence-corrected chi connectivity index (χ0v) is 22.0. The minimum atomic E-state index is 0.00152. The number of hydrogen-bond acceptors (Lipinski definition) is 9. The molecular formula is C26H29N5O3S2. The first-order valence-electron chi connectivity index (χ1n) is 11.9. The zero-order valence-electron chi connectivity index (χ0n) is 20.3. The molecule has 1 aliphatic heterocycles. The second-order valence-corrected chi connectivity index (χ2v) is 10.6. The molecule has 0 unspecified atom stereocenters. The zero-order chi connectivity index (χ0) is 24.9. The van der Waals surface area contributed by atoms with Crippen molar-refractivity contribution in [2.24, 2.45) is 0 Å². The Hall–Kier alpha value is -2.89. The van der Waals surface area contributed by atoms with Crippen molar-refractivity contribution in [1.29, 1.82) is 0 Å². The number of carbonyl (C=O) groups excluding carboxylic acids is 1. The minimum absolute atomic E-state index is 0.00152.